The molecule has 0 aliphatic heterocycles. The molecule has 0 spiro atoms. The van der Waals surface area contributed by atoms with E-state index in [4.69, 9.17) is 4.84 Å². The zero-order valence-corrected chi connectivity index (χ0v) is 12.5. The summed E-state index contributed by atoms with van der Waals surface area (Å²) in [4.78, 5) is 41.2. The maximum atomic E-state index is 12.4. The molecule has 1 aliphatic carbocycles. The zero-order valence-electron chi connectivity index (χ0n) is 12.5. The number of nitrogens with zero attached hydrogens (tertiary/aromatic N) is 1. The van der Waals surface area contributed by atoms with Gasteiger partial charge >= 0.3 is 5.97 Å². The monoisotopic (exact) mass is 295 g/mol. The number of rotatable bonds is 7. The van der Waals surface area contributed by atoms with Crippen molar-refractivity contribution in [3.05, 3.63) is 12.7 Å². The molecule has 0 aromatic heterocycles. The van der Waals surface area contributed by atoms with Crippen molar-refractivity contribution in [3.8, 4) is 0 Å². The lowest BCUT2D eigenvalue weighted by atomic mass is 9.76. The minimum Gasteiger partial charge on any atom is -0.468 e. The van der Waals surface area contributed by atoms with E-state index in [9.17, 15) is 14.4 Å². The maximum absolute atomic E-state index is 12.4. The van der Waals surface area contributed by atoms with Crippen LogP contribution in [0.5, 0.6) is 0 Å². The van der Waals surface area contributed by atoms with E-state index in [1.807, 2.05) is 6.92 Å². The van der Waals surface area contributed by atoms with Crippen LogP contribution >= 0.6 is 0 Å². The van der Waals surface area contributed by atoms with Crippen LogP contribution in [0.4, 0.5) is 0 Å². The SMILES string of the molecule is C=CCO/N=C1/CC[C@@H](C(=O)OC)C(=O)[C@H]1C(=O)CCC. The first-order chi connectivity index (χ1) is 10.1. The number of ether oxygens (including phenoxy) is 1. The van der Waals surface area contributed by atoms with Crippen molar-refractivity contribution in [1.29, 1.82) is 0 Å². The molecule has 0 radical (unpaired) electrons. The summed E-state index contributed by atoms with van der Waals surface area (Å²) in [6, 6.07) is 0. The Balaban J connectivity index is 2.98. The van der Waals surface area contributed by atoms with E-state index in [1.54, 1.807) is 0 Å². The third-order valence-electron chi connectivity index (χ3n) is 3.33. The van der Waals surface area contributed by atoms with E-state index in [0.29, 0.717) is 18.6 Å². The molecule has 116 valence electrons. The van der Waals surface area contributed by atoms with Gasteiger partial charge < -0.3 is 9.57 Å². The predicted molar refractivity (Wildman–Crippen MR) is 76.7 cm³/mol. The van der Waals surface area contributed by atoms with Crippen molar-refractivity contribution in [1.82, 2.24) is 0 Å². The van der Waals surface area contributed by atoms with Crippen molar-refractivity contribution in [2.24, 2.45) is 17.0 Å². The van der Waals surface area contributed by atoms with Crippen molar-refractivity contribution in [2.75, 3.05) is 13.7 Å². The summed E-state index contributed by atoms with van der Waals surface area (Å²) in [6.07, 6.45) is 3.08. The molecule has 6 heteroatoms. The number of Topliss-reactive ketones (excluding diaryl/α,β-unsaturated/α-hetero) is 2. The highest BCUT2D eigenvalue weighted by Crippen LogP contribution is 2.27. The Morgan fingerprint density at radius 3 is 2.76 bits per heavy atom. The van der Waals surface area contributed by atoms with Gasteiger partial charge in [-0.3, -0.25) is 14.4 Å². The van der Waals surface area contributed by atoms with Gasteiger partial charge in [-0.25, -0.2) is 0 Å². The topological polar surface area (TPSA) is 82.0 Å². The van der Waals surface area contributed by atoms with E-state index >= 15 is 0 Å². The van der Waals surface area contributed by atoms with Gasteiger partial charge in [-0.15, -0.1) is 0 Å². The summed E-state index contributed by atoms with van der Waals surface area (Å²) in [5, 5.41) is 3.88. The van der Waals surface area contributed by atoms with Gasteiger partial charge in [0.1, 0.15) is 24.2 Å². The number of esters is 1. The second-order valence-corrected chi connectivity index (χ2v) is 4.83. The Morgan fingerprint density at radius 1 is 1.48 bits per heavy atom. The first-order valence-electron chi connectivity index (χ1n) is 7.00. The molecular weight excluding hydrogens is 274 g/mol. The fourth-order valence-corrected chi connectivity index (χ4v) is 2.33. The number of oxime groups is 1. The van der Waals surface area contributed by atoms with Gasteiger partial charge in [0.15, 0.2) is 5.78 Å². The minimum atomic E-state index is -0.993. The maximum Gasteiger partial charge on any atom is 0.316 e. The Bertz CT molecular complexity index is 455. The lowest BCUT2D eigenvalue weighted by molar-refractivity contribution is -0.151. The van der Waals surface area contributed by atoms with Crippen LogP contribution in [0.25, 0.3) is 0 Å². The molecule has 0 bridgehead atoms. The molecule has 21 heavy (non-hydrogen) atoms. The number of hydrogen-bond acceptors (Lipinski definition) is 6. The zero-order chi connectivity index (χ0) is 15.8. The lowest BCUT2D eigenvalue weighted by Crippen LogP contribution is -2.43. The van der Waals surface area contributed by atoms with Gasteiger partial charge in [0.25, 0.3) is 0 Å². The van der Waals surface area contributed by atoms with Gasteiger partial charge in [0.05, 0.1) is 12.8 Å². The van der Waals surface area contributed by atoms with Crippen LogP contribution < -0.4 is 0 Å². The molecule has 6 nitrogen and oxygen atoms in total. The minimum absolute atomic E-state index is 0.201. The summed E-state index contributed by atoms with van der Waals surface area (Å²) in [7, 11) is 1.23. The summed E-state index contributed by atoms with van der Waals surface area (Å²) >= 11 is 0. The molecule has 1 aliphatic rings. The fourth-order valence-electron chi connectivity index (χ4n) is 2.33. The summed E-state index contributed by atoms with van der Waals surface area (Å²) in [5.41, 5.74) is 0.389. The average Bonchev–Trinajstić information content (AvgIpc) is 2.47. The van der Waals surface area contributed by atoms with Crippen LogP contribution in [0.3, 0.4) is 0 Å². The summed E-state index contributed by atoms with van der Waals surface area (Å²) < 4.78 is 4.63. The average molecular weight is 295 g/mol. The van der Waals surface area contributed by atoms with E-state index < -0.39 is 23.6 Å². The van der Waals surface area contributed by atoms with Crippen LogP contribution in [0, 0.1) is 11.8 Å². The van der Waals surface area contributed by atoms with Crippen molar-refractivity contribution in [3.63, 3.8) is 0 Å². The van der Waals surface area contributed by atoms with E-state index in [0.717, 1.165) is 0 Å². The Kier molecular flexibility index (Phi) is 6.78. The second-order valence-electron chi connectivity index (χ2n) is 4.83. The predicted octanol–water partition coefficient (Wildman–Crippen LogP) is 1.68. The largest absolute Gasteiger partial charge is 0.468 e. The van der Waals surface area contributed by atoms with Gasteiger partial charge in [0, 0.05) is 6.42 Å². The highest BCUT2D eigenvalue weighted by Gasteiger charge is 2.43. The smallest absolute Gasteiger partial charge is 0.316 e. The number of ketones is 2. The van der Waals surface area contributed by atoms with Crippen LogP contribution in [0.1, 0.15) is 32.6 Å². The van der Waals surface area contributed by atoms with Crippen LogP contribution in [0.2, 0.25) is 0 Å². The van der Waals surface area contributed by atoms with Crippen molar-refractivity contribution in [2.45, 2.75) is 32.6 Å². The molecule has 2 atom stereocenters. The standard InChI is InChI=1S/C15H21NO5/c1-4-6-12(17)13-11(16-21-9-5-2)8-7-10(14(13)18)15(19)20-3/h5,10,13H,2,4,6-9H2,1,3H3/b16-11-/t10-,13-/m1/s1. The van der Waals surface area contributed by atoms with Crippen molar-refractivity contribution >= 4 is 23.2 Å². The number of hydrogen-bond donors (Lipinski definition) is 0. The Morgan fingerprint density at radius 2 is 2.19 bits per heavy atom. The molecule has 0 unspecified atom stereocenters. The molecule has 0 saturated heterocycles. The second kappa shape index (κ2) is 8.34. The molecular formula is C15H21NO5. The number of carbonyl (C=O) groups is 3. The Labute approximate surface area is 124 Å². The first kappa shape index (κ1) is 17.1. The molecule has 0 heterocycles. The molecule has 0 aromatic carbocycles. The molecule has 0 N–H and O–H groups in total. The molecule has 1 rings (SSSR count). The first-order valence-corrected chi connectivity index (χ1v) is 7.00. The highest BCUT2D eigenvalue weighted by atomic mass is 16.6. The fraction of sp³-hybridized carbons (Fsp3) is 0.600. The normalized spacial score (nSPS) is 23.7. The van der Waals surface area contributed by atoms with E-state index in [1.165, 1.54) is 13.2 Å². The van der Waals surface area contributed by atoms with Gasteiger partial charge in [0.2, 0.25) is 0 Å². The number of methoxy groups -OCH3 is 1. The molecule has 0 amide bonds. The molecule has 0 aromatic rings. The van der Waals surface area contributed by atoms with Crippen molar-refractivity contribution < 1.29 is 24.0 Å². The highest BCUT2D eigenvalue weighted by molar-refractivity contribution is 6.25. The lowest BCUT2D eigenvalue weighted by Gasteiger charge is -2.26. The van der Waals surface area contributed by atoms with Crippen LogP contribution in [-0.2, 0) is 24.0 Å². The molecule has 1 fully saturated rings. The van der Waals surface area contributed by atoms with Gasteiger partial charge in [-0.1, -0.05) is 24.7 Å². The molecule has 1 saturated carbocycles. The number of carbonyl (C=O) groups excluding carboxylic acids is 3. The van der Waals surface area contributed by atoms with Crippen LogP contribution in [-0.4, -0.2) is 37.0 Å². The van der Waals surface area contributed by atoms with Crippen LogP contribution in [0.15, 0.2) is 17.8 Å². The van der Waals surface area contributed by atoms with E-state index in [2.05, 4.69) is 16.5 Å². The van der Waals surface area contributed by atoms with E-state index in [-0.39, 0.29) is 25.2 Å². The quantitative estimate of drug-likeness (QED) is 0.235. The third kappa shape index (κ3) is 4.24. The van der Waals surface area contributed by atoms with Gasteiger partial charge in [-0.05, 0) is 19.3 Å². The summed E-state index contributed by atoms with van der Waals surface area (Å²) in [5.74, 6) is -3.14. The van der Waals surface area contributed by atoms with Gasteiger partial charge in [-0.2, -0.15) is 0 Å². The Hall–Kier alpha value is -1.98. The summed E-state index contributed by atoms with van der Waals surface area (Å²) in [6.45, 7) is 5.56. The third-order valence-corrected chi connectivity index (χ3v) is 3.33.